The van der Waals surface area contributed by atoms with Crippen molar-refractivity contribution in [2.45, 2.75) is 13.8 Å². The molecule has 0 aliphatic rings. The van der Waals surface area contributed by atoms with Crippen molar-refractivity contribution < 1.29 is 0 Å². The van der Waals surface area contributed by atoms with E-state index in [1.165, 1.54) is 16.5 Å². The molecule has 2 heteroatoms. The normalized spacial score (nSPS) is 10.5. The van der Waals surface area contributed by atoms with Gasteiger partial charge >= 0.3 is 0 Å². The van der Waals surface area contributed by atoms with Crippen LogP contribution in [0, 0.1) is 13.8 Å². The van der Waals surface area contributed by atoms with E-state index in [4.69, 9.17) is 18.0 Å². The largest absolute Gasteiger partial charge is 0.389 e. The third-order valence-electron chi connectivity index (χ3n) is 2.82. The molecule has 0 fully saturated rings. The quantitative estimate of drug-likeness (QED) is 0.740. The summed E-state index contributed by atoms with van der Waals surface area (Å²) in [6.07, 6.45) is 0. The summed E-state index contributed by atoms with van der Waals surface area (Å²) in [5.41, 5.74) is 9.21. The minimum Gasteiger partial charge on any atom is -0.389 e. The molecule has 0 amide bonds. The molecule has 2 N–H and O–H groups in total. The molecule has 0 aromatic heterocycles. The summed E-state index contributed by atoms with van der Waals surface area (Å²) in [5, 5.41) is 2.34. The number of benzene rings is 2. The average molecular weight is 215 g/mol. The van der Waals surface area contributed by atoms with Gasteiger partial charge in [0.15, 0.2) is 0 Å². The van der Waals surface area contributed by atoms with E-state index in [2.05, 4.69) is 32.0 Å². The van der Waals surface area contributed by atoms with Crippen LogP contribution in [-0.4, -0.2) is 4.99 Å². The average Bonchev–Trinajstić information content (AvgIpc) is 2.19. The maximum atomic E-state index is 5.78. The second kappa shape index (κ2) is 3.63. The van der Waals surface area contributed by atoms with Crippen LogP contribution < -0.4 is 5.73 Å². The van der Waals surface area contributed by atoms with Gasteiger partial charge in [0.05, 0.1) is 0 Å². The molecular formula is C13H13NS. The van der Waals surface area contributed by atoms with Gasteiger partial charge in [-0.2, -0.15) is 0 Å². The van der Waals surface area contributed by atoms with Gasteiger partial charge in [-0.1, -0.05) is 42.5 Å². The lowest BCUT2D eigenvalue weighted by Gasteiger charge is -2.11. The maximum absolute atomic E-state index is 5.78. The Morgan fingerprint density at radius 3 is 2.53 bits per heavy atom. The summed E-state index contributed by atoms with van der Waals surface area (Å²) < 4.78 is 0. The Kier molecular flexibility index (Phi) is 2.45. The van der Waals surface area contributed by atoms with Gasteiger partial charge in [0, 0.05) is 5.56 Å². The first-order valence-corrected chi connectivity index (χ1v) is 5.31. The van der Waals surface area contributed by atoms with Crippen molar-refractivity contribution in [3.8, 4) is 0 Å². The van der Waals surface area contributed by atoms with Crippen LogP contribution in [0.1, 0.15) is 16.7 Å². The van der Waals surface area contributed by atoms with Crippen molar-refractivity contribution in [1.29, 1.82) is 0 Å². The molecule has 0 aliphatic carbocycles. The van der Waals surface area contributed by atoms with E-state index in [9.17, 15) is 0 Å². The Hall–Kier alpha value is -1.41. The second-order valence-electron chi connectivity index (χ2n) is 3.78. The van der Waals surface area contributed by atoms with Crippen LogP contribution in [0.5, 0.6) is 0 Å². The molecule has 1 nitrogen and oxygen atoms in total. The fourth-order valence-electron chi connectivity index (χ4n) is 1.91. The molecule has 0 radical (unpaired) electrons. The Balaban J connectivity index is 2.95. The SMILES string of the molecule is Cc1cc2ccccc2c(C(N)=S)c1C. The summed E-state index contributed by atoms with van der Waals surface area (Å²) in [6, 6.07) is 10.4. The van der Waals surface area contributed by atoms with Crippen LogP contribution >= 0.6 is 12.2 Å². The zero-order valence-corrected chi connectivity index (χ0v) is 9.69. The van der Waals surface area contributed by atoms with Gasteiger partial charge in [0.2, 0.25) is 0 Å². The van der Waals surface area contributed by atoms with E-state index in [0.29, 0.717) is 4.99 Å². The van der Waals surface area contributed by atoms with Crippen LogP contribution in [0.3, 0.4) is 0 Å². The van der Waals surface area contributed by atoms with Crippen LogP contribution in [0.4, 0.5) is 0 Å². The number of hydrogen-bond acceptors (Lipinski definition) is 1. The molecule has 0 spiro atoms. The predicted molar refractivity (Wildman–Crippen MR) is 69.3 cm³/mol. The first-order chi connectivity index (χ1) is 7.11. The van der Waals surface area contributed by atoms with Crippen molar-refractivity contribution >= 4 is 28.0 Å². The van der Waals surface area contributed by atoms with E-state index in [-0.39, 0.29) is 0 Å². The zero-order chi connectivity index (χ0) is 11.0. The summed E-state index contributed by atoms with van der Waals surface area (Å²) in [6.45, 7) is 4.15. The molecule has 0 aliphatic heterocycles. The molecule has 0 saturated heterocycles. The molecule has 2 aromatic carbocycles. The smallest absolute Gasteiger partial charge is 0.104 e. The fraction of sp³-hybridized carbons (Fsp3) is 0.154. The topological polar surface area (TPSA) is 26.0 Å². The lowest BCUT2D eigenvalue weighted by atomic mass is 9.96. The monoisotopic (exact) mass is 215 g/mol. The maximum Gasteiger partial charge on any atom is 0.104 e. The number of aryl methyl sites for hydroxylation is 1. The van der Waals surface area contributed by atoms with Crippen LogP contribution in [0.25, 0.3) is 10.8 Å². The summed E-state index contributed by atoms with van der Waals surface area (Å²) in [5.74, 6) is 0. The highest BCUT2D eigenvalue weighted by Gasteiger charge is 2.09. The first kappa shape index (κ1) is 10.1. The molecule has 0 heterocycles. The third-order valence-corrected chi connectivity index (χ3v) is 3.02. The van der Waals surface area contributed by atoms with E-state index >= 15 is 0 Å². The van der Waals surface area contributed by atoms with Gasteiger partial charge in [0.25, 0.3) is 0 Å². The van der Waals surface area contributed by atoms with E-state index < -0.39 is 0 Å². The first-order valence-electron chi connectivity index (χ1n) is 4.90. The molecule has 2 aromatic rings. The summed E-state index contributed by atoms with van der Waals surface area (Å²) >= 11 is 5.11. The highest BCUT2D eigenvalue weighted by molar-refractivity contribution is 7.80. The second-order valence-corrected chi connectivity index (χ2v) is 4.22. The van der Waals surface area contributed by atoms with Gasteiger partial charge in [0.1, 0.15) is 4.99 Å². The van der Waals surface area contributed by atoms with Crippen molar-refractivity contribution in [2.75, 3.05) is 0 Å². The van der Waals surface area contributed by atoms with E-state index in [0.717, 1.165) is 10.9 Å². The van der Waals surface area contributed by atoms with Gasteiger partial charge in [-0.05, 0) is 35.7 Å². The predicted octanol–water partition coefficient (Wildman–Crippen LogP) is 3.09. The highest BCUT2D eigenvalue weighted by atomic mass is 32.1. The minimum absolute atomic E-state index is 0.479. The number of rotatable bonds is 1. The van der Waals surface area contributed by atoms with Crippen molar-refractivity contribution in [3.63, 3.8) is 0 Å². The lowest BCUT2D eigenvalue weighted by molar-refractivity contribution is 1.35. The molecule has 0 bridgehead atoms. The van der Waals surface area contributed by atoms with Crippen LogP contribution in [-0.2, 0) is 0 Å². The zero-order valence-electron chi connectivity index (χ0n) is 8.87. The summed E-state index contributed by atoms with van der Waals surface area (Å²) in [4.78, 5) is 0.479. The molecular weight excluding hydrogens is 202 g/mol. The van der Waals surface area contributed by atoms with Crippen LogP contribution in [0.15, 0.2) is 30.3 Å². The van der Waals surface area contributed by atoms with Crippen molar-refractivity contribution in [3.05, 3.63) is 47.0 Å². The van der Waals surface area contributed by atoms with E-state index in [1.54, 1.807) is 0 Å². The number of nitrogens with two attached hydrogens (primary N) is 1. The fourth-order valence-corrected chi connectivity index (χ4v) is 2.17. The van der Waals surface area contributed by atoms with Crippen molar-refractivity contribution in [1.82, 2.24) is 0 Å². The van der Waals surface area contributed by atoms with Gasteiger partial charge in [-0.25, -0.2) is 0 Å². The Labute approximate surface area is 94.9 Å². The molecule has 2 rings (SSSR count). The Morgan fingerprint density at radius 2 is 1.87 bits per heavy atom. The van der Waals surface area contributed by atoms with Gasteiger partial charge in [-0.3, -0.25) is 0 Å². The number of hydrogen-bond donors (Lipinski definition) is 1. The molecule has 0 saturated carbocycles. The number of fused-ring (bicyclic) bond motifs is 1. The van der Waals surface area contributed by atoms with Crippen molar-refractivity contribution in [2.24, 2.45) is 5.73 Å². The van der Waals surface area contributed by atoms with Gasteiger partial charge < -0.3 is 5.73 Å². The molecule has 0 unspecified atom stereocenters. The molecule has 15 heavy (non-hydrogen) atoms. The third kappa shape index (κ3) is 1.61. The molecule has 76 valence electrons. The lowest BCUT2D eigenvalue weighted by Crippen LogP contribution is -2.12. The summed E-state index contributed by atoms with van der Waals surface area (Å²) in [7, 11) is 0. The Bertz CT molecular complexity index is 543. The highest BCUT2D eigenvalue weighted by Crippen LogP contribution is 2.24. The van der Waals surface area contributed by atoms with Gasteiger partial charge in [-0.15, -0.1) is 0 Å². The molecule has 0 atom stereocenters. The standard InChI is InChI=1S/C13H13NS/c1-8-7-10-5-3-4-6-11(10)12(9(8)2)13(14)15/h3-7H,1-2H3,(H2,14,15). The Morgan fingerprint density at radius 1 is 1.20 bits per heavy atom. The van der Waals surface area contributed by atoms with Crippen LogP contribution in [0.2, 0.25) is 0 Å². The minimum atomic E-state index is 0.479. The van der Waals surface area contributed by atoms with E-state index in [1.807, 2.05) is 12.1 Å². The number of thiocarbonyl (C=S) groups is 1.